The van der Waals surface area contributed by atoms with E-state index in [1.54, 1.807) is 42.5 Å². The topological polar surface area (TPSA) is 69.7 Å². The van der Waals surface area contributed by atoms with Crippen molar-refractivity contribution < 1.29 is 13.6 Å². The van der Waals surface area contributed by atoms with Gasteiger partial charge in [-0.2, -0.15) is 0 Å². The van der Waals surface area contributed by atoms with E-state index >= 15 is 0 Å². The molecule has 5 nitrogen and oxygen atoms in total. The fourth-order valence-corrected chi connectivity index (χ4v) is 3.66. The molecule has 0 fully saturated rings. The highest BCUT2D eigenvalue weighted by Gasteiger charge is 2.14. The van der Waals surface area contributed by atoms with Crippen molar-refractivity contribution in [1.29, 1.82) is 0 Å². The van der Waals surface area contributed by atoms with Crippen molar-refractivity contribution in [2.24, 2.45) is 0 Å². The zero-order valence-corrected chi connectivity index (χ0v) is 16.9. The molecule has 0 unspecified atom stereocenters. The molecule has 3 aromatic carbocycles. The molecule has 2 aromatic heterocycles. The van der Waals surface area contributed by atoms with E-state index in [0.29, 0.717) is 44.9 Å². The van der Waals surface area contributed by atoms with Crippen LogP contribution in [0.15, 0.2) is 97.3 Å². The first kappa shape index (κ1) is 19.2. The van der Waals surface area contributed by atoms with Crippen molar-refractivity contribution in [2.75, 3.05) is 0 Å². The predicted octanol–water partition coefficient (Wildman–Crippen LogP) is 5.80. The molecule has 0 amide bonds. The summed E-state index contributed by atoms with van der Waals surface area (Å²) in [7, 11) is 0. The van der Waals surface area contributed by atoms with Gasteiger partial charge in [0, 0.05) is 33.5 Å². The molecule has 0 atom stereocenters. The van der Waals surface area contributed by atoms with Crippen LogP contribution in [0.4, 0.5) is 0 Å². The molecule has 2 heterocycles. The summed E-state index contributed by atoms with van der Waals surface area (Å²) >= 11 is 6.07. The van der Waals surface area contributed by atoms with Gasteiger partial charge in [-0.25, -0.2) is 9.59 Å². The molecule has 0 saturated carbocycles. The second-order valence-electron chi connectivity index (χ2n) is 7.04. The number of benzene rings is 3. The number of halogens is 1. The van der Waals surface area contributed by atoms with E-state index in [1.165, 1.54) is 6.07 Å². The summed E-state index contributed by atoms with van der Waals surface area (Å²) in [6, 6.07) is 22.9. The normalized spacial score (nSPS) is 11.1. The summed E-state index contributed by atoms with van der Waals surface area (Å²) in [5, 5.41) is 1.77. The smallest absolute Gasteiger partial charge is 0.344 e. The zero-order valence-electron chi connectivity index (χ0n) is 16.1. The lowest BCUT2D eigenvalue weighted by atomic mass is 10.0. The van der Waals surface area contributed by atoms with E-state index in [4.69, 9.17) is 25.2 Å². The van der Waals surface area contributed by atoms with Gasteiger partial charge in [0.25, 0.3) is 0 Å². The molecule has 152 valence electrons. The molecule has 0 bridgehead atoms. The van der Waals surface area contributed by atoms with Crippen LogP contribution in [0.3, 0.4) is 0 Å². The monoisotopic (exact) mass is 430 g/mol. The number of rotatable bonds is 4. The molecule has 0 aliphatic carbocycles. The highest BCUT2D eigenvalue weighted by molar-refractivity contribution is 6.31. The van der Waals surface area contributed by atoms with Crippen LogP contribution in [0.5, 0.6) is 5.75 Å². The minimum Gasteiger partial charge on any atom is -0.489 e. The minimum atomic E-state index is -0.576. The van der Waals surface area contributed by atoms with Gasteiger partial charge in [0.05, 0.1) is 5.56 Å². The van der Waals surface area contributed by atoms with Crippen LogP contribution in [-0.2, 0) is 6.61 Å². The van der Waals surface area contributed by atoms with Gasteiger partial charge in [-0.15, -0.1) is 0 Å². The SMILES string of the molecule is O=c1cc(-c2cc3cc(Cl)ccc3oc2=O)c2ccc(OCc3ccccc3)cc2o1. The molecule has 6 heteroatoms. The van der Waals surface area contributed by atoms with Crippen LogP contribution < -0.4 is 16.0 Å². The van der Waals surface area contributed by atoms with Crippen molar-refractivity contribution in [1.82, 2.24) is 0 Å². The van der Waals surface area contributed by atoms with Gasteiger partial charge in [0.2, 0.25) is 0 Å². The van der Waals surface area contributed by atoms with Crippen LogP contribution in [0.25, 0.3) is 33.1 Å². The molecule has 5 rings (SSSR count). The summed E-state index contributed by atoms with van der Waals surface area (Å²) in [6.07, 6.45) is 0. The number of hydrogen-bond acceptors (Lipinski definition) is 5. The van der Waals surface area contributed by atoms with Crippen LogP contribution in [0.1, 0.15) is 5.56 Å². The Morgan fingerprint density at radius 2 is 1.61 bits per heavy atom. The lowest BCUT2D eigenvalue weighted by Crippen LogP contribution is -2.06. The average molecular weight is 431 g/mol. The summed E-state index contributed by atoms with van der Waals surface area (Å²) in [4.78, 5) is 24.9. The Morgan fingerprint density at radius 3 is 2.45 bits per heavy atom. The first-order valence-electron chi connectivity index (χ1n) is 9.55. The second kappa shape index (κ2) is 7.78. The fourth-order valence-electron chi connectivity index (χ4n) is 3.48. The van der Waals surface area contributed by atoms with E-state index in [1.807, 2.05) is 30.3 Å². The van der Waals surface area contributed by atoms with Crippen molar-refractivity contribution in [3.63, 3.8) is 0 Å². The summed E-state index contributed by atoms with van der Waals surface area (Å²) in [5.74, 6) is 0.550. The third-order valence-corrected chi connectivity index (χ3v) is 5.18. The molecule has 0 aliphatic rings. The van der Waals surface area contributed by atoms with Gasteiger partial charge < -0.3 is 13.6 Å². The third kappa shape index (κ3) is 3.83. The van der Waals surface area contributed by atoms with E-state index in [2.05, 4.69) is 0 Å². The molecule has 31 heavy (non-hydrogen) atoms. The summed E-state index contributed by atoms with van der Waals surface area (Å²) in [5.41, 5.74) is 1.31. The van der Waals surface area contributed by atoms with Crippen LogP contribution in [0, 0.1) is 0 Å². The molecular weight excluding hydrogens is 416 g/mol. The van der Waals surface area contributed by atoms with E-state index in [0.717, 1.165) is 5.56 Å². The maximum atomic E-state index is 12.6. The Hall–Kier alpha value is -3.83. The Morgan fingerprint density at radius 1 is 0.774 bits per heavy atom. The van der Waals surface area contributed by atoms with Crippen LogP contribution in [-0.4, -0.2) is 0 Å². The quantitative estimate of drug-likeness (QED) is 0.337. The highest BCUT2D eigenvalue weighted by atomic mass is 35.5. The van der Waals surface area contributed by atoms with Gasteiger partial charge in [-0.1, -0.05) is 41.9 Å². The highest BCUT2D eigenvalue weighted by Crippen LogP contribution is 2.30. The maximum absolute atomic E-state index is 12.6. The lowest BCUT2D eigenvalue weighted by molar-refractivity contribution is 0.306. The number of ether oxygens (including phenoxy) is 1. The van der Waals surface area contributed by atoms with Gasteiger partial charge in [0.15, 0.2) is 0 Å². The van der Waals surface area contributed by atoms with Crippen LogP contribution >= 0.6 is 11.6 Å². The Kier molecular flexibility index (Phi) is 4.81. The lowest BCUT2D eigenvalue weighted by Gasteiger charge is -2.09. The van der Waals surface area contributed by atoms with E-state index in [9.17, 15) is 9.59 Å². The molecule has 0 N–H and O–H groups in total. The standard InChI is InChI=1S/C25H15ClO5/c26-17-6-9-22-16(10-17)11-21(25(28)31-22)20-13-24(27)30-23-12-18(7-8-19(20)23)29-14-15-4-2-1-3-5-15/h1-13H,14H2. The zero-order chi connectivity index (χ0) is 21.4. The van der Waals surface area contributed by atoms with Gasteiger partial charge in [-0.3, -0.25) is 0 Å². The Bertz CT molecular complexity index is 1530. The summed E-state index contributed by atoms with van der Waals surface area (Å²) < 4.78 is 16.6. The van der Waals surface area contributed by atoms with Crippen molar-refractivity contribution in [2.45, 2.75) is 6.61 Å². The third-order valence-electron chi connectivity index (χ3n) is 4.95. The minimum absolute atomic E-state index is 0.255. The van der Waals surface area contributed by atoms with E-state index in [-0.39, 0.29) is 5.56 Å². The molecule has 0 saturated heterocycles. The first-order chi connectivity index (χ1) is 15.1. The van der Waals surface area contributed by atoms with Crippen molar-refractivity contribution in [3.05, 3.63) is 110 Å². The van der Waals surface area contributed by atoms with Crippen LogP contribution in [0.2, 0.25) is 5.02 Å². The molecular formula is C25H15ClO5. The van der Waals surface area contributed by atoms with Gasteiger partial charge in [0.1, 0.15) is 23.5 Å². The molecule has 0 radical (unpaired) electrons. The van der Waals surface area contributed by atoms with Crippen molar-refractivity contribution >= 4 is 33.5 Å². The molecule has 0 aliphatic heterocycles. The molecule has 5 aromatic rings. The Labute approximate surface area is 181 Å². The fraction of sp³-hybridized carbons (Fsp3) is 0.0400. The Balaban J connectivity index is 1.60. The largest absolute Gasteiger partial charge is 0.489 e. The average Bonchev–Trinajstić information content (AvgIpc) is 2.77. The number of fused-ring (bicyclic) bond motifs is 2. The number of hydrogen-bond donors (Lipinski definition) is 0. The van der Waals surface area contributed by atoms with Crippen molar-refractivity contribution in [3.8, 4) is 16.9 Å². The summed E-state index contributed by atoms with van der Waals surface area (Å²) in [6.45, 7) is 0.380. The molecule has 0 spiro atoms. The first-order valence-corrected chi connectivity index (χ1v) is 9.93. The van der Waals surface area contributed by atoms with E-state index < -0.39 is 11.3 Å². The van der Waals surface area contributed by atoms with Gasteiger partial charge in [-0.05, 0) is 42.0 Å². The van der Waals surface area contributed by atoms with Gasteiger partial charge >= 0.3 is 11.3 Å². The predicted molar refractivity (Wildman–Crippen MR) is 120 cm³/mol. The maximum Gasteiger partial charge on any atom is 0.344 e. The second-order valence-corrected chi connectivity index (χ2v) is 7.48.